The van der Waals surface area contributed by atoms with Crippen LogP contribution in [0, 0.1) is 0 Å². The molecule has 2 aromatic heterocycles. The first-order valence-electron chi connectivity index (χ1n) is 8.51. The van der Waals surface area contributed by atoms with Crippen LogP contribution in [-0.2, 0) is 12.2 Å². The summed E-state index contributed by atoms with van der Waals surface area (Å²) in [7, 11) is 1.64. The Hall–Kier alpha value is -2.91. The fourth-order valence-electron chi connectivity index (χ4n) is 2.43. The minimum absolute atomic E-state index is 0.555. The SMILES string of the molecule is COc1ccc(Nc2nnc(SCc3nnc(Cc4ccccc4)o3)s2)cc1. The van der Waals surface area contributed by atoms with Crippen molar-refractivity contribution < 1.29 is 9.15 Å². The summed E-state index contributed by atoms with van der Waals surface area (Å²) in [4.78, 5) is 0. The van der Waals surface area contributed by atoms with Crippen LogP contribution in [0.2, 0.25) is 0 Å². The zero-order chi connectivity index (χ0) is 19.2. The first-order valence-corrected chi connectivity index (χ1v) is 10.3. The highest BCUT2D eigenvalue weighted by Gasteiger charge is 2.10. The molecule has 0 radical (unpaired) electrons. The van der Waals surface area contributed by atoms with Crippen molar-refractivity contribution in [3.8, 4) is 5.75 Å². The molecule has 0 unspecified atom stereocenters. The van der Waals surface area contributed by atoms with E-state index in [2.05, 4.69) is 25.7 Å². The molecule has 0 aliphatic heterocycles. The first-order chi connectivity index (χ1) is 13.8. The normalized spacial score (nSPS) is 10.8. The Labute approximate surface area is 170 Å². The molecule has 0 aliphatic carbocycles. The number of aromatic nitrogens is 4. The van der Waals surface area contributed by atoms with Gasteiger partial charge >= 0.3 is 0 Å². The molecule has 4 aromatic rings. The Morgan fingerprint density at radius 1 is 0.964 bits per heavy atom. The number of rotatable bonds is 8. The molecule has 2 heterocycles. The lowest BCUT2D eigenvalue weighted by Crippen LogP contribution is -1.89. The van der Waals surface area contributed by atoms with E-state index in [-0.39, 0.29) is 0 Å². The maximum absolute atomic E-state index is 5.72. The molecule has 28 heavy (non-hydrogen) atoms. The second kappa shape index (κ2) is 8.85. The predicted octanol–water partition coefficient (Wildman–Crippen LogP) is 4.56. The Morgan fingerprint density at radius 2 is 1.75 bits per heavy atom. The smallest absolute Gasteiger partial charge is 0.226 e. The molecular formula is C19H17N5O2S2. The van der Waals surface area contributed by atoms with Gasteiger partial charge in [0, 0.05) is 5.69 Å². The number of nitrogens with zero attached hydrogens (tertiary/aromatic N) is 4. The summed E-state index contributed by atoms with van der Waals surface area (Å²) < 4.78 is 11.7. The van der Waals surface area contributed by atoms with Crippen molar-refractivity contribution in [2.75, 3.05) is 12.4 Å². The summed E-state index contributed by atoms with van der Waals surface area (Å²) in [5.74, 6) is 2.56. The number of benzene rings is 2. The number of thioether (sulfide) groups is 1. The molecule has 7 nitrogen and oxygen atoms in total. The van der Waals surface area contributed by atoms with E-state index >= 15 is 0 Å². The fourth-order valence-corrected chi connectivity index (χ4v) is 4.04. The summed E-state index contributed by atoms with van der Waals surface area (Å²) in [6.45, 7) is 0. The highest BCUT2D eigenvalue weighted by atomic mass is 32.2. The van der Waals surface area contributed by atoms with E-state index in [0.717, 1.165) is 26.5 Å². The van der Waals surface area contributed by atoms with Crippen LogP contribution in [0.4, 0.5) is 10.8 Å². The Balaban J connectivity index is 1.30. The van der Waals surface area contributed by atoms with Gasteiger partial charge < -0.3 is 14.5 Å². The van der Waals surface area contributed by atoms with Gasteiger partial charge in [-0.15, -0.1) is 20.4 Å². The van der Waals surface area contributed by atoms with Crippen LogP contribution in [-0.4, -0.2) is 27.5 Å². The van der Waals surface area contributed by atoms with Crippen molar-refractivity contribution in [3.63, 3.8) is 0 Å². The highest BCUT2D eigenvalue weighted by Crippen LogP contribution is 2.30. The zero-order valence-corrected chi connectivity index (χ0v) is 16.7. The van der Waals surface area contributed by atoms with E-state index in [1.165, 1.54) is 23.1 Å². The van der Waals surface area contributed by atoms with E-state index in [4.69, 9.17) is 9.15 Å². The van der Waals surface area contributed by atoms with Gasteiger partial charge in [0.25, 0.3) is 0 Å². The van der Waals surface area contributed by atoms with Gasteiger partial charge in [-0.1, -0.05) is 53.4 Å². The Kier molecular flexibility index (Phi) is 5.83. The topological polar surface area (TPSA) is 86.0 Å². The van der Waals surface area contributed by atoms with Gasteiger partial charge in [0.05, 0.1) is 19.3 Å². The largest absolute Gasteiger partial charge is 0.497 e. The minimum Gasteiger partial charge on any atom is -0.497 e. The lowest BCUT2D eigenvalue weighted by Gasteiger charge is -2.03. The molecule has 1 N–H and O–H groups in total. The third-order valence-electron chi connectivity index (χ3n) is 3.77. The van der Waals surface area contributed by atoms with E-state index in [0.29, 0.717) is 24.0 Å². The van der Waals surface area contributed by atoms with Crippen LogP contribution in [0.5, 0.6) is 5.75 Å². The summed E-state index contributed by atoms with van der Waals surface area (Å²) in [6, 6.07) is 17.7. The zero-order valence-electron chi connectivity index (χ0n) is 15.0. The van der Waals surface area contributed by atoms with Gasteiger partial charge in [-0.2, -0.15) is 0 Å². The average Bonchev–Trinajstić information content (AvgIpc) is 3.37. The molecule has 0 bridgehead atoms. The predicted molar refractivity (Wildman–Crippen MR) is 109 cm³/mol. The molecule has 0 amide bonds. The standard InChI is InChI=1S/C19H17N5O2S2/c1-25-15-9-7-14(8-10-15)20-18-23-24-19(28-18)27-12-17-22-21-16(26-17)11-13-5-3-2-4-6-13/h2-10H,11-12H2,1H3,(H,20,23). The van der Waals surface area contributed by atoms with E-state index in [1.54, 1.807) is 7.11 Å². The van der Waals surface area contributed by atoms with E-state index in [9.17, 15) is 0 Å². The molecule has 0 aliphatic rings. The van der Waals surface area contributed by atoms with Crippen LogP contribution in [0.15, 0.2) is 63.4 Å². The maximum Gasteiger partial charge on any atom is 0.226 e. The van der Waals surface area contributed by atoms with Crippen molar-refractivity contribution in [1.82, 2.24) is 20.4 Å². The Bertz CT molecular complexity index is 1020. The van der Waals surface area contributed by atoms with Gasteiger partial charge in [-0.3, -0.25) is 0 Å². The number of hydrogen-bond acceptors (Lipinski definition) is 9. The molecule has 2 aromatic carbocycles. The van der Waals surface area contributed by atoms with Crippen LogP contribution >= 0.6 is 23.1 Å². The van der Waals surface area contributed by atoms with Gasteiger partial charge in [0.15, 0.2) is 4.34 Å². The number of anilines is 2. The first kappa shape index (κ1) is 18.5. The number of hydrogen-bond donors (Lipinski definition) is 1. The van der Waals surface area contributed by atoms with Crippen molar-refractivity contribution in [2.45, 2.75) is 16.5 Å². The van der Waals surface area contributed by atoms with Crippen molar-refractivity contribution >= 4 is 33.9 Å². The molecule has 9 heteroatoms. The lowest BCUT2D eigenvalue weighted by molar-refractivity contribution is 0.415. The second-order valence-electron chi connectivity index (χ2n) is 5.77. The molecule has 4 rings (SSSR count). The van der Waals surface area contributed by atoms with Gasteiger partial charge in [-0.05, 0) is 29.8 Å². The minimum atomic E-state index is 0.555. The molecule has 0 spiro atoms. The van der Waals surface area contributed by atoms with Gasteiger partial charge in [0.1, 0.15) is 5.75 Å². The summed E-state index contributed by atoms with van der Waals surface area (Å²) >= 11 is 2.99. The van der Waals surface area contributed by atoms with Crippen LogP contribution in [0.3, 0.4) is 0 Å². The van der Waals surface area contributed by atoms with Gasteiger partial charge in [-0.25, -0.2) is 0 Å². The molecule has 142 valence electrons. The molecule has 0 fully saturated rings. The number of nitrogens with one attached hydrogen (secondary N) is 1. The summed E-state index contributed by atoms with van der Waals surface area (Å²) in [6.07, 6.45) is 0.632. The monoisotopic (exact) mass is 411 g/mol. The van der Waals surface area contributed by atoms with E-state index < -0.39 is 0 Å². The molecule has 0 atom stereocenters. The van der Waals surface area contributed by atoms with Crippen molar-refractivity contribution in [2.24, 2.45) is 0 Å². The fraction of sp³-hybridized carbons (Fsp3) is 0.158. The quantitative estimate of drug-likeness (QED) is 0.423. The number of methoxy groups -OCH3 is 1. The molecular weight excluding hydrogens is 394 g/mol. The summed E-state index contributed by atoms with van der Waals surface area (Å²) in [5, 5.41) is 20.5. The number of ether oxygens (including phenoxy) is 1. The van der Waals surface area contributed by atoms with Crippen molar-refractivity contribution in [3.05, 3.63) is 71.9 Å². The summed E-state index contributed by atoms with van der Waals surface area (Å²) in [5.41, 5.74) is 2.07. The van der Waals surface area contributed by atoms with E-state index in [1.807, 2.05) is 54.6 Å². The van der Waals surface area contributed by atoms with Crippen LogP contribution < -0.4 is 10.1 Å². The Morgan fingerprint density at radius 3 is 2.54 bits per heavy atom. The van der Waals surface area contributed by atoms with Crippen molar-refractivity contribution in [1.29, 1.82) is 0 Å². The molecule has 0 saturated carbocycles. The molecule has 0 saturated heterocycles. The highest BCUT2D eigenvalue weighted by molar-refractivity contribution is 8.00. The third kappa shape index (κ3) is 4.87. The lowest BCUT2D eigenvalue weighted by atomic mass is 10.2. The van der Waals surface area contributed by atoms with Crippen LogP contribution in [0.25, 0.3) is 0 Å². The maximum atomic E-state index is 5.72. The van der Waals surface area contributed by atoms with Gasteiger partial charge in [0.2, 0.25) is 16.9 Å². The third-order valence-corrected chi connectivity index (χ3v) is 5.73. The van der Waals surface area contributed by atoms with Crippen LogP contribution in [0.1, 0.15) is 17.3 Å². The average molecular weight is 412 g/mol. The second-order valence-corrected chi connectivity index (χ2v) is 7.97.